The molecular formula is C19H19NO. The summed E-state index contributed by atoms with van der Waals surface area (Å²) in [7, 11) is 0. The molecule has 0 amide bonds. The fraction of sp³-hybridized carbons (Fsp3) is 0.158. The molecule has 0 heterocycles. The van der Waals surface area contributed by atoms with Gasteiger partial charge in [0.2, 0.25) is 0 Å². The molecule has 2 nitrogen and oxygen atoms in total. The van der Waals surface area contributed by atoms with Crippen LogP contribution in [0, 0.1) is 0 Å². The number of benzene rings is 3. The van der Waals surface area contributed by atoms with Gasteiger partial charge in [0, 0.05) is 12.6 Å². The highest BCUT2D eigenvalue weighted by molar-refractivity contribution is 5.86. The van der Waals surface area contributed by atoms with Crippen molar-refractivity contribution in [1.82, 2.24) is 5.32 Å². The fourth-order valence-corrected chi connectivity index (χ4v) is 2.62. The number of hydrogen-bond acceptors (Lipinski definition) is 2. The maximum atomic E-state index is 9.31. The van der Waals surface area contributed by atoms with Crippen LogP contribution in [0.3, 0.4) is 0 Å². The van der Waals surface area contributed by atoms with Crippen LogP contribution < -0.4 is 5.32 Å². The minimum Gasteiger partial charge on any atom is -0.508 e. The summed E-state index contributed by atoms with van der Waals surface area (Å²) in [5, 5.41) is 15.4. The first kappa shape index (κ1) is 13.7. The molecule has 0 unspecified atom stereocenters. The third-order valence-electron chi connectivity index (χ3n) is 3.84. The molecule has 0 aromatic heterocycles. The van der Waals surface area contributed by atoms with Gasteiger partial charge in [-0.2, -0.15) is 0 Å². The Balaban J connectivity index is 1.78. The van der Waals surface area contributed by atoms with Crippen molar-refractivity contribution in [3.05, 3.63) is 77.9 Å². The molecule has 0 aliphatic heterocycles. The van der Waals surface area contributed by atoms with Gasteiger partial charge in [0.05, 0.1) is 0 Å². The zero-order valence-electron chi connectivity index (χ0n) is 12.1. The molecule has 0 radical (unpaired) electrons. The van der Waals surface area contributed by atoms with E-state index in [0.717, 1.165) is 6.54 Å². The van der Waals surface area contributed by atoms with Crippen LogP contribution in [0.25, 0.3) is 10.8 Å². The lowest BCUT2D eigenvalue weighted by atomic mass is 9.99. The first-order valence-corrected chi connectivity index (χ1v) is 7.23. The summed E-state index contributed by atoms with van der Waals surface area (Å²) < 4.78 is 0. The standard InChI is InChI=1S/C19H19NO/c1-14(20-13-15-9-11-17(21)12-10-15)18-8-4-6-16-5-2-3-7-19(16)18/h2-12,14,20-21H,13H2,1H3/t14-/m0/s1. The van der Waals surface area contributed by atoms with Crippen molar-refractivity contribution in [3.63, 3.8) is 0 Å². The second-order valence-electron chi connectivity index (χ2n) is 5.34. The number of nitrogens with one attached hydrogen (secondary N) is 1. The van der Waals surface area contributed by atoms with Crippen LogP contribution in [0.15, 0.2) is 66.7 Å². The van der Waals surface area contributed by atoms with Crippen LogP contribution in [-0.4, -0.2) is 5.11 Å². The van der Waals surface area contributed by atoms with E-state index in [2.05, 4.69) is 54.7 Å². The summed E-state index contributed by atoms with van der Waals surface area (Å²) in [5.74, 6) is 0.306. The van der Waals surface area contributed by atoms with Crippen LogP contribution in [0.1, 0.15) is 24.1 Å². The Morgan fingerprint density at radius 2 is 1.62 bits per heavy atom. The van der Waals surface area contributed by atoms with E-state index in [1.165, 1.54) is 21.9 Å². The van der Waals surface area contributed by atoms with Gasteiger partial charge in [-0.3, -0.25) is 0 Å². The number of aromatic hydroxyl groups is 1. The monoisotopic (exact) mass is 277 g/mol. The average Bonchev–Trinajstić information content (AvgIpc) is 2.53. The quantitative estimate of drug-likeness (QED) is 0.741. The molecule has 0 fully saturated rings. The second kappa shape index (κ2) is 5.98. The van der Waals surface area contributed by atoms with Crippen molar-refractivity contribution in [2.45, 2.75) is 19.5 Å². The van der Waals surface area contributed by atoms with Crippen LogP contribution in [0.4, 0.5) is 0 Å². The Bertz CT molecular complexity index is 729. The van der Waals surface area contributed by atoms with E-state index in [1.54, 1.807) is 12.1 Å². The summed E-state index contributed by atoms with van der Waals surface area (Å²) in [6, 6.07) is 22.5. The molecule has 3 aromatic rings. The van der Waals surface area contributed by atoms with Gasteiger partial charge in [-0.1, -0.05) is 54.6 Å². The lowest BCUT2D eigenvalue weighted by molar-refractivity contribution is 0.474. The molecule has 1 atom stereocenters. The summed E-state index contributed by atoms with van der Waals surface area (Å²) in [5.41, 5.74) is 2.48. The van der Waals surface area contributed by atoms with E-state index in [-0.39, 0.29) is 6.04 Å². The Morgan fingerprint density at radius 1 is 0.905 bits per heavy atom. The summed E-state index contributed by atoms with van der Waals surface area (Å²) in [6.07, 6.45) is 0. The molecule has 0 spiro atoms. The molecule has 106 valence electrons. The van der Waals surface area contributed by atoms with Crippen molar-refractivity contribution >= 4 is 10.8 Å². The maximum absolute atomic E-state index is 9.31. The van der Waals surface area contributed by atoms with Gasteiger partial charge >= 0.3 is 0 Å². The average molecular weight is 277 g/mol. The third-order valence-corrected chi connectivity index (χ3v) is 3.84. The molecule has 2 heteroatoms. The van der Waals surface area contributed by atoms with Crippen LogP contribution in [-0.2, 0) is 6.54 Å². The van der Waals surface area contributed by atoms with Crippen LogP contribution in [0.2, 0.25) is 0 Å². The minimum atomic E-state index is 0.268. The predicted molar refractivity (Wildman–Crippen MR) is 87.3 cm³/mol. The third kappa shape index (κ3) is 3.06. The Kier molecular flexibility index (Phi) is 3.89. The SMILES string of the molecule is C[C@H](NCc1ccc(O)cc1)c1cccc2ccccc12. The van der Waals surface area contributed by atoms with Gasteiger partial charge < -0.3 is 10.4 Å². The first-order valence-electron chi connectivity index (χ1n) is 7.23. The number of phenols is 1. The number of fused-ring (bicyclic) bond motifs is 1. The normalized spacial score (nSPS) is 12.4. The van der Waals surface area contributed by atoms with Crippen molar-refractivity contribution in [3.8, 4) is 5.75 Å². The van der Waals surface area contributed by atoms with Gasteiger partial charge in [0.25, 0.3) is 0 Å². The van der Waals surface area contributed by atoms with Gasteiger partial charge in [-0.25, -0.2) is 0 Å². The fourth-order valence-electron chi connectivity index (χ4n) is 2.62. The minimum absolute atomic E-state index is 0.268. The smallest absolute Gasteiger partial charge is 0.115 e. The number of rotatable bonds is 4. The van der Waals surface area contributed by atoms with Gasteiger partial charge in [0.15, 0.2) is 0 Å². The molecule has 2 N–H and O–H groups in total. The molecule has 3 aromatic carbocycles. The highest BCUT2D eigenvalue weighted by Gasteiger charge is 2.08. The van der Waals surface area contributed by atoms with Gasteiger partial charge in [-0.15, -0.1) is 0 Å². The Hall–Kier alpha value is -2.32. The molecule has 3 rings (SSSR count). The molecule has 21 heavy (non-hydrogen) atoms. The Labute approximate surface area is 125 Å². The van der Waals surface area contributed by atoms with Crippen molar-refractivity contribution in [2.75, 3.05) is 0 Å². The second-order valence-corrected chi connectivity index (χ2v) is 5.34. The molecule has 0 bridgehead atoms. The predicted octanol–water partition coefficient (Wildman–Crippen LogP) is 4.40. The maximum Gasteiger partial charge on any atom is 0.115 e. The summed E-state index contributed by atoms with van der Waals surface area (Å²) in [4.78, 5) is 0. The van der Waals surface area contributed by atoms with Crippen molar-refractivity contribution in [1.29, 1.82) is 0 Å². The molecule has 0 aliphatic carbocycles. The summed E-state index contributed by atoms with van der Waals surface area (Å²) in [6.45, 7) is 2.97. The van der Waals surface area contributed by atoms with E-state index in [0.29, 0.717) is 5.75 Å². The first-order chi connectivity index (χ1) is 10.2. The van der Waals surface area contributed by atoms with E-state index in [9.17, 15) is 5.11 Å². The molecule has 0 aliphatic rings. The van der Waals surface area contributed by atoms with Gasteiger partial charge in [-0.05, 0) is 41.0 Å². The number of phenolic OH excluding ortho intramolecular Hbond substituents is 1. The lowest BCUT2D eigenvalue weighted by Gasteiger charge is -2.16. The van der Waals surface area contributed by atoms with Crippen LogP contribution >= 0.6 is 0 Å². The molecular weight excluding hydrogens is 258 g/mol. The largest absolute Gasteiger partial charge is 0.508 e. The molecule has 0 saturated heterocycles. The van der Waals surface area contributed by atoms with E-state index >= 15 is 0 Å². The van der Waals surface area contributed by atoms with E-state index in [4.69, 9.17) is 0 Å². The van der Waals surface area contributed by atoms with Crippen LogP contribution in [0.5, 0.6) is 5.75 Å². The lowest BCUT2D eigenvalue weighted by Crippen LogP contribution is -2.18. The van der Waals surface area contributed by atoms with E-state index < -0.39 is 0 Å². The van der Waals surface area contributed by atoms with Crippen molar-refractivity contribution < 1.29 is 5.11 Å². The van der Waals surface area contributed by atoms with Crippen molar-refractivity contribution in [2.24, 2.45) is 0 Å². The number of hydrogen-bond donors (Lipinski definition) is 2. The van der Waals surface area contributed by atoms with E-state index in [1.807, 2.05) is 12.1 Å². The topological polar surface area (TPSA) is 32.3 Å². The highest BCUT2D eigenvalue weighted by Crippen LogP contribution is 2.24. The molecule has 0 saturated carbocycles. The summed E-state index contributed by atoms with van der Waals surface area (Å²) >= 11 is 0. The zero-order valence-corrected chi connectivity index (χ0v) is 12.1. The van der Waals surface area contributed by atoms with Gasteiger partial charge in [0.1, 0.15) is 5.75 Å². The zero-order chi connectivity index (χ0) is 14.7. The highest BCUT2D eigenvalue weighted by atomic mass is 16.3. The Morgan fingerprint density at radius 3 is 2.43 bits per heavy atom.